The van der Waals surface area contributed by atoms with Gasteiger partial charge in [0.1, 0.15) is 0 Å². The molecule has 32 heavy (non-hydrogen) atoms. The minimum absolute atomic E-state index is 0.0386. The van der Waals surface area contributed by atoms with Gasteiger partial charge in [-0.25, -0.2) is 4.98 Å². The fourth-order valence-electron chi connectivity index (χ4n) is 4.41. The van der Waals surface area contributed by atoms with E-state index >= 15 is 0 Å². The second-order valence-corrected chi connectivity index (χ2v) is 10.2. The van der Waals surface area contributed by atoms with Crippen molar-refractivity contribution in [2.45, 2.75) is 51.0 Å². The van der Waals surface area contributed by atoms with E-state index in [0.29, 0.717) is 18.4 Å². The molecular weight excluding hydrogens is 418 g/mol. The lowest BCUT2D eigenvalue weighted by Gasteiger charge is -2.32. The second kappa shape index (κ2) is 9.41. The number of hydrogen-bond donors (Lipinski definition) is 1. The molecule has 0 spiro atoms. The summed E-state index contributed by atoms with van der Waals surface area (Å²) in [6.45, 7) is 1.68. The number of aryl methyl sites for hydroxylation is 1. The molecule has 3 aromatic rings. The summed E-state index contributed by atoms with van der Waals surface area (Å²) in [5.41, 5.74) is 3.04. The molecule has 2 aromatic carbocycles. The van der Waals surface area contributed by atoms with Crippen LogP contribution in [-0.2, 0) is 17.6 Å². The van der Waals surface area contributed by atoms with Crippen molar-refractivity contribution in [2.24, 2.45) is 5.92 Å². The van der Waals surface area contributed by atoms with Gasteiger partial charge in [0.25, 0.3) is 5.91 Å². The Labute approximate surface area is 192 Å². The molecule has 2 aliphatic rings. The molecule has 1 N–H and O–H groups in total. The number of nitrogens with one attached hydrogen (secondary N) is 1. The number of para-hydroxylation sites is 1. The molecule has 0 unspecified atom stereocenters. The number of carbonyl (C=O) groups is 2. The first-order chi connectivity index (χ1) is 15.6. The van der Waals surface area contributed by atoms with E-state index in [1.807, 2.05) is 35.2 Å². The van der Waals surface area contributed by atoms with E-state index in [4.69, 9.17) is 0 Å². The molecule has 166 valence electrons. The van der Waals surface area contributed by atoms with Gasteiger partial charge in [-0.1, -0.05) is 24.3 Å². The predicted octanol–water partition coefficient (Wildman–Crippen LogP) is 4.60. The van der Waals surface area contributed by atoms with Crippen molar-refractivity contribution in [2.75, 3.05) is 13.1 Å². The summed E-state index contributed by atoms with van der Waals surface area (Å²) in [6.07, 6.45) is 6.56. The van der Waals surface area contributed by atoms with Gasteiger partial charge in [0.05, 0.1) is 15.2 Å². The summed E-state index contributed by atoms with van der Waals surface area (Å²) < 4.78 is 1.19. The van der Waals surface area contributed by atoms with E-state index in [1.165, 1.54) is 10.3 Å². The molecule has 0 radical (unpaired) electrons. The highest BCUT2D eigenvalue weighted by Crippen LogP contribution is 2.25. The largest absolute Gasteiger partial charge is 0.349 e. The summed E-state index contributed by atoms with van der Waals surface area (Å²) in [5, 5.41) is 4.08. The molecule has 0 atom stereocenters. The van der Waals surface area contributed by atoms with Crippen LogP contribution in [0, 0.1) is 5.92 Å². The van der Waals surface area contributed by atoms with Crippen molar-refractivity contribution in [3.05, 3.63) is 64.7 Å². The van der Waals surface area contributed by atoms with Crippen molar-refractivity contribution in [3.8, 4) is 0 Å². The van der Waals surface area contributed by atoms with Gasteiger partial charge in [-0.2, -0.15) is 0 Å². The van der Waals surface area contributed by atoms with E-state index in [0.717, 1.165) is 67.7 Å². The number of amides is 2. The first-order valence-electron chi connectivity index (χ1n) is 11.7. The molecular formula is C26H29N3O2S. The zero-order valence-electron chi connectivity index (χ0n) is 18.3. The molecule has 1 saturated carbocycles. The lowest BCUT2D eigenvalue weighted by molar-refractivity contribution is -0.132. The SMILES string of the molecule is O=C(NC1CC1)c1ccc(CC2CCN(C(=O)CCc3nc4ccccc4s3)CC2)cc1. The summed E-state index contributed by atoms with van der Waals surface area (Å²) in [7, 11) is 0. The molecule has 2 fully saturated rings. The fraction of sp³-hybridized carbons (Fsp3) is 0.423. The highest BCUT2D eigenvalue weighted by molar-refractivity contribution is 7.18. The van der Waals surface area contributed by atoms with Crippen molar-refractivity contribution in [1.29, 1.82) is 0 Å². The summed E-state index contributed by atoms with van der Waals surface area (Å²) in [5.74, 6) is 0.875. The van der Waals surface area contributed by atoms with Crippen LogP contribution in [0.2, 0.25) is 0 Å². The number of piperidine rings is 1. The number of rotatable bonds is 7. The van der Waals surface area contributed by atoms with Gasteiger partial charge < -0.3 is 10.2 Å². The Balaban J connectivity index is 1.06. The highest BCUT2D eigenvalue weighted by atomic mass is 32.1. The smallest absolute Gasteiger partial charge is 0.251 e. The molecule has 2 heterocycles. The molecule has 5 rings (SSSR count). The number of fused-ring (bicyclic) bond motifs is 1. The van der Waals surface area contributed by atoms with Gasteiger partial charge >= 0.3 is 0 Å². The fourth-order valence-corrected chi connectivity index (χ4v) is 5.37. The molecule has 1 aliphatic heterocycles. The molecule has 1 aliphatic carbocycles. The normalized spacial score (nSPS) is 16.9. The summed E-state index contributed by atoms with van der Waals surface area (Å²) in [6, 6.07) is 16.6. The Morgan fingerprint density at radius 2 is 1.75 bits per heavy atom. The first kappa shape index (κ1) is 21.1. The van der Waals surface area contributed by atoms with Gasteiger partial charge in [0, 0.05) is 37.5 Å². The maximum Gasteiger partial charge on any atom is 0.251 e. The second-order valence-electron chi connectivity index (χ2n) is 9.05. The van der Waals surface area contributed by atoms with Gasteiger partial charge in [-0.05, 0) is 67.9 Å². The summed E-state index contributed by atoms with van der Waals surface area (Å²) >= 11 is 1.69. The van der Waals surface area contributed by atoms with Crippen LogP contribution >= 0.6 is 11.3 Å². The van der Waals surface area contributed by atoms with E-state index in [1.54, 1.807) is 11.3 Å². The quantitative estimate of drug-likeness (QED) is 0.576. The van der Waals surface area contributed by atoms with E-state index in [-0.39, 0.29) is 11.8 Å². The third-order valence-corrected chi connectivity index (χ3v) is 7.61. The maximum absolute atomic E-state index is 12.7. The Bertz CT molecular complexity index is 1060. The minimum Gasteiger partial charge on any atom is -0.349 e. The lowest BCUT2D eigenvalue weighted by atomic mass is 9.89. The van der Waals surface area contributed by atoms with Gasteiger partial charge in [-0.15, -0.1) is 11.3 Å². The molecule has 5 nitrogen and oxygen atoms in total. The predicted molar refractivity (Wildman–Crippen MR) is 128 cm³/mol. The van der Waals surface area contributed by atoms with Crippen molar-refractivity contribution >= 4 is 33.4 Å². The number of likely N-dealkylation sites (tertiary alicyclic amines) is 1. The Morgan fingerprint density at radius 3 is 2.47 bits per heavy atom. The Hall–Kier alpha value is -2.73. The average Bonchev–Trinajstić information content (AvgIpc) is 3.53. The van der Waals surface area contributed by atoms with Crippen LogP contribution in [-0.4, -0.2) is 40.8 Å². The minimum atomic E-state index is 0.0386. The van der Waals surface area contributed by atoms with Crippen LogP contribution in [0.25, 0.3) is 10.2 Å². The van der Waals surface area contributed by atoms with Crippen LogP contribution in [0.4, 0.5) is 0 Å². The Morgan fingerprint density at radius 1 is 1.00 bits per heavy atom. The van der Waals surface area contributed by atoms with Crippen LogP contribution in [0.15, 0.2) is 48.5 Å². The number of hydrogen-bond acceptors (Lipinski definition) is 4. The number of benzene rings is 2. The molecule has 1 saturated heterocycles. The molecule has 2 amide bonds. The topological polar surface area (TPSA) is 62.3 Å². The van der Waals surface area contributed by atoms with E-state index in [2.05, 4.69) is 28.5 Å². The Kier molecular flexibility index (Phi) is 6.21. The van der Waals surface area contributed by atoms with Crippen LogP contribution in [0.5, 0.6) is 0 Å². The van der Waals surface area contributed by atoms with Gasteiger partial charge in [0.2, 0.25) is 5.91 Å². The number of thiazole rings is 1. The monoisotopic (exact) mass is 447 g/mol. The average molecular weight is 448 g/mol. The molecule has 6 heteroatoms. The van der Waals surface area contributed by atoms with Crippen LogP contribution in [0.1, 0.15) is 53.0 Å². The number of aromatic nitrogens is 1. The van der Waals surface area contributed by atoms with Crippen LogP contribution < -0.4 is 5.32 Å². The highest BCUT2D eigenvalue weighted by Gasteiger charge is 2.25. The van der Waals surface area contributed by atoms with Gasteiger partial charge in [-0.3, -0.25) is 9.59 Å². The zero-order valence-corrected chi connectivity index (χ0v) is 19.1. The van der Waals surface area contributed by atoms with Crippen LogP contribution in [0.3, 0.4) is 0 Å². The molecule has 1 aromatic heterocycles. The molecule has 0 bridgehead atoms. The lowest BCUT2D eigenvalue weighted by Crippen LogP contribution is -2.39. The number of carbonyl (C=O) groups excluding carboxylic acids is 2. The van der Waals surface area contributed by atoms with Gasteiger partial charge in [0.15, 0.2) is 0 Å². The van der Waals surface area contributed by atoms with Crippen molar-refractivity contribution in [3.63, 3.8) is 0 Å². The van der Waals surface area contributed by atoms with Crippen molar-refractivity contribution in [1.82, 2.24) is 15.2 Å². The van der Waals surface area contributed by atoms with Crippen molar-refractivity contribution < 1.29 is 9.59 Å². The first-order valence-corrected chi connectivity index (χ1v) is 12.5. The maximum atomic E-state index is 12.7. The zero-order chi connectivity index (χ0) is 21.9. The third-order valence-electron chi connectivity index (χ3n) is 6.51. The number of nitrogens with zero attached hydrogens (tertiary/aromatic N) is 2. The van der Waals surface area contributed by atoms with E-state index in [9.17, 15) is 9.59 Å². The summed E-state index contributed by atoms with van der Waals surface area (Å²) in [4.78, 5) is 31.5. The standard InChI is InChI=1S/C26H29N3O2S/c30-25(12-11-24-28-22-3-1-2-4-23(22)32-24)29-15-13-19(14-16-29)17-18-5-7-20(8-6-18)26(31)27-21-9-10-21/h1-8,19,21H,9-17H2,(H,27,31). The van der Waals surface area contributed by atoms with E-state index < -0.39 is 0 Å². The third kappa shape index (κ3) is 5.18.